The molecule has 0 spiro atoms. The van der Waals surface area contributed by atoms with Gasteiger partial charge in [0.15, 0.2) is 0 Å². The van der Waals surface area contributed by atoms with E-state index in [0.717, 1.165) is 24.2 Å². The van der Waals surface area contributed by atoms with Crippen molar-refractivity contribution in [2.75, 3.05) is 7.11 Å². The van der Waals surface area contributed by atoms with Gasteiger partial charge in [-0.1, -0.05) is 36.4 Å². The van der Waals surface area contributed by atoms with Crippen LogP contribution in [-0.2, 0) is 6.42 Å². The molecule has 2 aromatic rings. The lowest BCUT2D eigenvalue weighted by atomic mass is 9.89. The molecule has 0 heterocycles. The maximum absolute atomic E-state index is 6.48. The first-order chi connectivity index (χ1) is 9.29. The van der Waals surface area contributed by atoms with E-state index in [4.69, 9.17) is 10.5 Å². The van der Waals surface area contributed by atoms with E-state index in [1.807, 2.05) is 18.2 Å². The normalized spacial score (nSPS) is 18.9. The molecule has 0 aliphatic heterocycles. The summed E-state index contributed by atoms with van der Waals surface area (Å²) in [5, 5.41) is 0. The molecule has 1 aliphatic rings. The van der Waals surface area contributed by atoms with Crippen LogP contribution in [0.25, 0.3) is 0 Å². The van der Waals surface area contributed by atoms with Crippen molar-refractivity contribution in [1.29, 1.82) is 0 Å². The van der Waals surface area contributed by atoms with Gasteiger partial charge in [0, 0.05) is 12.0 Å². The van der Waals surface area contributed by atoms with Crippen molar-refractivity contribution in [3.8, 4) is 5.75 Å². The summed E-state index contributed by atoms with van der Waals surface area (Å²) in [6, 6.07) is 16.8. The molecule has 0 fully saturated rings. The second-order valence-corrected chi connectivity index (χ2v) is 5.15. The minimum Gasteiger partial charge on any atom is -0.497 e. The highest BCUT2D eigenvalue weighted by molar-refractivity contribution is 5.39. The number of rotatable bonds is 3. The van der Waals surface area contributed by atoms with Crippen LogP contribution in [0, 0.1) is 0 Å². The van der Waals surface area contributed by atoms with Crippen LogP contribution in [0.1, 0.15) is 35.1 Å². The lowest BCUT2D eigenvalue weighted by Crippen LogP contribution is -2.18. The molecule has 2 N–H and O–H groups in total. The van der Waals surface area contributed by atoms with Crippen molar-refractivity contribution in [3.05, 3.63) is 65.2 Å². The molecule has 2 aromatic carbocycles. The van der Waals surface area contributed by atoms with Gasteiger partial charge in [0.05, 0.1) is 7.11 Å². The molecule has 0 bridgehead atoms. The zero-order chi connectivity index (χ0) is 13.2. The molecule has 2 unspecified atom stereocenters. The summed E-state index contributed by atoms with van der Waals surface area (Å²) in [6.07, 6.45) is 2.27. The maximum Gasteiger partial charge on any atom is 0.119 e. The fourth-order valence-electron chi connectivity index (χ4n) is 3.04. The number of methoxy groups -OCH3 is 1. The molecule has 2 heteroatoms. The third kappa shape index (κ3) is 2.24. The Bertz CT molecular complexity index is 579. The van der Waals surface area contributed by atoms with E-state index in [2.05, 4.69) is 30.3 Å². The lowest BCUT2D eigenvalue weighted by molar-refractivity contribution is 0.413. The molecule has 0 saturated heterocycles. The summed E-state index contributed by atoms with van der Waals surface area (Å²) in [6.45, 7) is 0. The first-order valence-corrected chi connectivity index (χ1v) is 6.77. The zero-order valence-corrected chi connectivity index (χ0v) is 11.2. The highest BCUT2D eigenvalue weighted by Crippen LogP contribution is 2.40. The van der Waals surface area contributed by atoms with Crippen molar-refractivity contribution >= 4 is 0 Å². The van der Waals surface area contributed by atoms with Crippen molar-refractivity contribution < 1.29 is 4.74 Å². The number of fused-ring (bicyclic) bond motifs is 1. The van der Waals surface area contributed by atoms with Gasteiger partial charge in [-0.3, -0.25) is 0 Å². The van der Waals surface area contributed by atoms with Gasteiger partial charge in [-0.05, 0) is 41.7 Å². The van der Waals surface area contributed by atoms with Gasteiger partial charge in [-0.25, -0.2) is 0 Å². The van der Waals surface area contributed by atoms with E-state index in [9.17, 15) is 0 Å². The Morgan fingerprint density at radius 3 is 2.84 bits per heavy atom. The average molecular weight is 253 g/mol. The van der Waals surface area contributed by atoms with Crippen molar-refractivity contribution in [3.63, 3.8) is 0 Å². The van der Waals surface area contributed by atoms with Gasteiger partial charge in [0.25, 0.3) is 0 Å². The summed E-state index contributed by atoms with van der Waals surface area (Å²) in [5.74, 6) is 1.29. The van der Waals surface area contributed by atoms with E-state index in [0.29, 0.717) is 5.92 Å². The van der Waals surface area contributed by atoms with Crippen LogP contribution in [0.15, 0.2) is 48.5 Å². The highest BCUT2D eigenvalue weighted by atomic mass is 16.5. The van der Waals surface area contributed by atoms with Gasteiger partial charge < -0.3 is 10.5 Å². The van der Waals surface area contributed by atoms with Gasteiger partial charge in [-0.15, -0.1) is 0 Å². The molecule has 1 aliphatic carbocycles. The van der Waals surface area contributed by atoms with Crippen LogP contribution in [0.3, 0.4) is 0 Å². The smallest absolute Gasteiger partial charge is 0.119 e. The summed E-state index contributed by atoms with van der Waals surface area (Å²) in [4.78, 5) is 0. The molecule has 0 aromatic heterocycles. The van der Waals surface area contributed by atoms with Crippen LogP contribution in [0.4, 0.5) is 0 Å². The van der Waals surface area contributed by atoms with Crippen LogP contribution in [0.2, 0.25) is 0 Å². The number of nitrogens with two attached hydrogens (primary N) is 1. The number of hydrogen-bond acceptors (Lipinski definition) is 2. The molecule has 2 atom stereocenters. The minimum atomic E-state index is 0.0405. The topological polar surface area (TPSA) is 35.2 Å². The fourth-order valence-corrected chi connectivity index (χ4v) is 3.04. The van der Waals surface area contributed by atoms with Gasteiger partial charge in [0.2, 0.25) is 0 Å². The summed E-state index contributed by atoms with van der Waals surface area (Å²) in [5.41, 5.74) is 10.5. The van der Waals surface area contributed by atoms with E-state index < -0.39 is 0 Å². The van der Waals surface area contributed by atoms with E-state index >= 15 is 0 Å². The highest BCUT2D eigenvalue weighted by Gasteiger charge is 2.28. The van der Waals surface area contributed by atoms with Crippen LogP contribution >= 0.6 is 0 Å². The van der Waals surface area contributed by atoms with Crippen molar-refractivity contribution in [2.24, 2.45) is 5.73 Å². The number of benzene rings is 2. The summed E-state index contributed by atoms with van der Waals surface area (Å²) < 4.78 is 5.28. The Hall–Kier alpha value is -1.80. The molecule has 3 rings (SSSR count). The monoisotopic (exact) mass is 253 g/mol. The number of ether oxygens (including phenoxy) is 1. The van der Waals surface area contributed by atoms with Gasteiger partial charge >= 0.3 is 0 Å². The van der Waals surface area contributed by atoms with E-state index in [-0.39, 0.29) is 6.04 Å². The third-order valence-electron chi connectivity index (χ3n) is 4.09. The Kier molecular flexibility index (Phi) is 3.26. The van der Waals surface area contributed by atoms with Crippen molar-refractivity contribution in [1.82, 2.24) is 0 Å². The molecule has 0 radical (unpaired) electrons. The minimum absolute atomic E-state index is 0.0405. The first-order valence-electron chi connectivity index (χ1n) is 6.77. The molecule has 0 saturated carbocycles. The van der Waals surface area contributed by atoms with Crippen LogP contribution in [-0.4, -0.2) is 7.11 Å². The third-order valence-corrected chi connectivity index (χ3v) is 4.09. The largest absolute Gasteiger partial charge is 0.497 e. The Labute approximate surface area is 114 Å². The fraction of sp³-hybridized carbons (Fsp3) is 0.294. The van der Waals surface area contributed by atoms with E-state index in [1.165, 1.54) is 11.1 Å². The standard InChI is InChI=1S/C17H19NO/c1-19-14-7-4-6-13(11-14)17(18)16-10-9-12-5-2-3-8-15(12)16/h2-8,11,16-17H,9-10,18H2,1H3. The summed E-state index contributed by atoms with van der Waals surface area (Å²) in [7, 11) is 1.69. The first kappa shape index (κ1) is 12.2. The molecule has 0 amide bonds. The van der Waals surface area contributed by atoms with E-state index in [1.54, 1.807) is 7.11 Å². The quantitative estimate of drug-likeness (QED) is 0.909. The van der Waals surface area contributed by atoms with Crippen LogP contribution in [0.5, 0.6) is 5.75 Å². The van der Waals surface area contributed by atoms with Gasteiger partial charge in [0.1, 0.15) is 5.75 Å². The Balaban J connectivity index is 1.90. The predicted octanol–water partition coefficient (Wildman–Crippen LogP) is 3.43. The molecule has 2 nitrogen and oxygen atoms in total. The number of hydrogen-bond donors (Lipinski definition) is 1. The molecule has 19 heavy (non-hydrogen) atoms. The second kappa shape index (κ2) is 5.06. The predicted molar refractivity (Wildman–Crippen MR) is 77.4 cm³/mol. The Morgan fingerprint density at radius 2 is 2.00 bits per heavy atom. The molecule has 98 valence electrons. The zero-order valence-electron chi connectivity index (χ0n) is 11.2. The summed E-state index contributed by atoms with van der Waals surface area (Å²) >= 11 is 0. The van der Waals surface area contributed by atoms with Crippen LogP contribution < -0.4 is 10.5 Å². The molecular formula is C17H19NO. The maximum atomic E-state index is 6.48. The lowest BCUT2D eigenvalue weighted by Gasteiger charge is -2.21. The second-order valence-electron chi connectivity index (χ2n) is 5.15. The van der Waals surface area contributed by atoms with Gasteiger partial charge in [-0.2, -0.15) is 0 Å². The molecular weight excluding hydrogens is 234 g/mol. The Morgan fingerprint density at radius 1 is 1.16 bits per heavy atom. The number of aryl methyl sites for hydroxylation is 1. The SMILES string of the molecule is COc1cccc(C(N)C2CCc3ccccc32)c1. The van der Waals surface area contributed by atoms with Crippen molar-refractivity contribution in [2.45, 2.75) is 24.8 Å². The average Bonchev–Trinajstić information content (AvgIpc) is 2.90.